The van der Waals surface area contributed by atoms with E-state index in [2.05, 4.69) is 38.3 Å². The molecule has 0 radical (unpaired) electrons. The summed E-state index contributed by atoms with van der Waals surface area (Å²) in [5, 5.41) is 5.45. The number of aryl methyl sites for hydroxylation is 1. The van der Waals surface area contributed by atoms with Gasteiger partial charge in [-0.2, -0.15) is 0 Å². The Balaban J connectivity index is 1.99. The molecule has 2 aromatic rings. The second kappa shape index (κ2) is 12.8. The van der Waals surface area contributed by atoms with Crippen molar-refractivity contribution in [3.8, 4) is 5.75 Å². The summed E-state index contributed by atoms with van der Waals surface area (Å²) in [4.78, 5) is 25.1. The highest BCUT2D eigenvalue weighted by Crippen LogP contribution is 2.25. The quantitative estimate of drug-likeness (QED) is 0.431. The predicted octanol–water partition coefficient (Wildman–Crippen LogP) is 6.06. The Bertz CT molecular complexity index is 850. The molecular formula is C26H36N2O3. The summed E-state index contributed by atoms with van der Waals surface area (Å²) in [6.45, 7) is 9.30. The van der Waals surface area contributed by atoms with Gasteiger partial charge in [0.2, 0.25) is 0 Å². The molecule has 0 aliphatic heterocycles. The first-order chi connectivity index (χ1) is 14.9. The van der Waals surface area contributed by atoms with Crippen molar-refractivity contribution in [1.29, 1.82) is 0 Å². The molecule has 0 aromatic heterocycles. The SMILES string of the molecule is CCC(C)CCOc1ccccc1NC(=O)C(=O)Nc1ccccc1CCC(C)CC. The van der Waals surface area contributed by atoms with Crippen LogP contribution in [0.3, 0.4) is 0 Å². The lowest BCUT2D eigenvalue weighted by Gasteiger charge is -2.15. The van der Waals surface area contributed by atoms with Gasteiger partial charge in [-0.25, -0.2) is 0 Å². The zero-order chi connectivity index (χ0) is 22.6. The number of para-hydroxylation sites is 3. The van der Waals surface area contributed by atoms with Crippen molar-refractivity contribution in [3.63, 3.8) is 0 Å². The minimum absolute atomic E-state index is 0.497. The van der Waals surface area contributed by atoms with Crippen molar-refractivity contribution < 1.29 is 14.3 Å². The van der Waals surface area contributed by atoms with Crippen LogP contribution in [-0.2, 0) is 16.0 Å². The first kappa shape index (κ1) is 24.4. The maximum absolute atomic E-state index is 12.6. The second-order valence-electron chi connectivity index (χ2n) is 8.26. The van der Waals surface area contributed by atoms with Gasteiger partial charge in [0.25, 0.3) is 0 Å². The molecule has 2 rings (SSSR count). The molecule has 5 nitrogen and oxygen atoms in total. The number of ether oxygens (including phenoxy) is 1. The van der Waals surface area contributed by atoms with Crippen LogP contribution in [0.5, 0.6) is 5.75 Å². The van der Waals surface area contributed by atoms with E-state index < -0.39 is 11.8 Å². The molecule has 2 atom stereocenters. The van der Waals surface area contributed by atoms with Crippen LogP contribution in [0.15, 0.2) is 48.5 Å². The van der Waals surface area contributed by atoms with Crippen LogP contribution in [0.4, 0.5) is 11.4 Å². The van der Waals surface area contributed by atoms with Gasteiger partial charge in [0.05, 0.1) is 12.3 Å². The van der Waals surface area contributed by atoms with Gasteiger partial charge in [0.15, 0.2) is 0 Å². The number of hydrogen-bond donors (Lipinski definition) is 2. The molecule has 0 saturated carbocycles. The number of carbonyl (C=O) groups is 2. The van der Waals surface area contributed by atoms with E-state index in [1.807, 2.05) is 30.3 Å². The van der Waals surface area contributed by atoms with Gasteiger partial charge >= 0.3 is 11.8 Å². The van der Waals surface area contributed by atoms with Gasteiger partial charge in [-0.3, -0.25) is 9.59 Å². The highest BCUT2D eigenvalue weighted by atomic mass is 16.5. The molecule has 0 bridgehead atoms. The van der Waals surface area contributed by atoms with Crippen LogP contribution in [0, 0.1) is 11.8 Å². The first-order valence-corrected chi connectivity index (χ1v) is 11.4. The maximum atomic E-state index is 12.6. The molecule has 2 N–H and O–H groups in total. The third-order valence-corrected chi connectivity index (χ3v) is 5.78. The molecule has 2 unspecified atom stereocenters. The van der Waals surface area contributed by atoms with E-state index in [0.29, 0.717) is 35.6 Å². The van der Waals surface area contributed by atoms with Gasteiger partial charge in [-0.15, -0.1) is 0 Å². The number of rotatable bonds is 11. The van der Waals surface area contributed by atoms with Crippen LogP contribution in [0.1, 0.15) is 58.9 Å². The van der Waals surface area contributed by atoms with Gasteiger partial charge in [-0.1, -0.05) is 70.9 Å². The van der Waals surface area contributed by atoms with Crippen LogP contribution < -0.4 is 15.4 Å². The second-order valence-corrected chi connectivity index (χ2v) is 8.26. The van der Waals surface area contributed by atoms with Crippen molar-refractivity contribution >= 4 is 23.2 Å². The fourth-order valence-corrected chi connectivity index (χ4v) is 3.09. The average molecular weight is 425 g/mol. The molecule has 168 valence electrons. The standard InChI is InChI=1S/C26H36N2O3/c1-5-19(3)15-16-21-11-7-8-12-22(21)27-25(29)26(30)28-23-13-9-10-14-24(23)31-18-17-20(4)6-2/h7-14,19-20H,5-6,15-18H2,1-4H3,(H,27,29)(H,28,30). The highest BCUT2D eigenvalue weighted by molar-refractivity contribution is 6.43. The first-order valence-electron chi connectivity index (χ1n) is 11.4. The number of anilines is 2. The topological polar surface area (TPSA) is 67.4 Å². The molecule has 0 heterocycles. The van der Waals surface area contributed by atoms with E-state index in [9.17, 15) is 9.59 Å². The Hall–Kier alpha value is -2.82. The molecule has 0 fully saturated rings. The summed E-state index contributed by atoms with van der Waals surface area (Å²) in [5.74, 6) is 0.359. The minimum Gasteiger partial charge on any atom is -0.491 e. The number of carbonyl (C=O) groups excluding carboxylic acids is 2. The van der Waals surface area contributed by atoms with Gasteiger partial charge in [0.1, 0.15) is 5.75 Å². The summed E-state index contributed by atoms with van der Waals surface area (Å²) >= 11 is 0. The summed E-state index contributed by atoms with van der Waals surface area (Å²) in [5.41, 5.74) is 2.22. The Morgan fingerprint density at radius 3 is 2.03 bits per heavy atom. The molecule has 0 spiro atoms. The highest BCUT2D eigenvalue weighted by Gasteiger charge is 2.17. The fraction of sp³-hybridized carbons (Fsp3) is 0.462. The average Bonchev–Trinajstić information content (AvgIpc) is 2.79. The number of hydrogen-bond acceptors (Lipinski definition) is 3. The molecule has 0 aliphatic rings. The maximum Gasteiger partial charge on any atom is 0.314 e. The number of nitrogens with one attached hydrogen (secondary N) is 2. The van der Waals surface area contributed by atoms with Gasteiger partial charge in [-0.05, 0) is 54.9 Å². The molecule has 0 aliphatic carbocycles. The summed E-state index contributed by atoms with van der Waals surface area (Å²) in [6.07, 6.45) is 5.06. The van der Waals surface area contributed by atoms with E-state index in [1.165, 1.54) is 0 Å². The molecule has 31 heavy (non-hydrogen) atoms. The van der Waals surface area contributed by atoms with Crippen molar-refractivity contribution in [2.45, 2.75) is 59.8 Å². The van der Waals surface area contributed by atoms with Crippen molar-refractivity contribution in [3.05, 3.63) is 54.1 Å². The smallest absolute Gasteiger partial charge is 0.314 e. The Morgan fingerprint density at radius 2 is 1.35 bits per heavy atom. The van der Waals surface area contributed by atoms with Crippen LogP contribution in [-0.4, -0.2) is 18.4 Å². The van der Waals surface area contributed by atoms with Crippen LogP contribution >= 0.6 is 0 Å². The van der Waals surface area contributed by atoms with E-state index >= 15 is 0 Å². The number of benzene rings is 2. The third kappa shape index (κ3) is 8.08. The summed E-state index contributed by atoms with van der Waals surface area (Å²) < 4.78 is 5.85. The van der Waals surface area contributed by atoms with E-state index in [-0.39, 0.29) is 0 Å². The molecule has 2 aromatic carbocycles. The fourth-order valence-electron chi connectivity index (χ4n) is 3.09. The van der Waals surface area contributed by atoms with Crippen molar-refractivity contribution in [1.82, 2.24) is 0 Å². The Morgan fingerprint density at radius 1 is 0.806 bits per heavy atom. The Kier molecular flexibility index (Phi) is 10.1. The van der Waals surface area contributed by atoms with Crippen LogP contribution in [0.2, 0.25) is 0 Å². The summed E-state index contributed by atoms with van der Waals surface area (Å²) in [7, 11) is 0. The van der Waals surface area contributed by atoms with Crippen molar-refractivity contribution in [2.24, 2.45) is 11.8 Å². The molecule has 2 amide bonds. The number of amides is 2. The molecular weight excluding hydrogens is 388 g/mol. The monoisotopic (exact) mass is 424 g/mol. The van der Waals surface area contributed by atoms with Gasteiger partial charge < -0.3 is 15.4 Å². The lowest BCUT2D eigenvalue weighted by Crippen LogP contribution is -2.29. The summed E-state index contributed by atoms with van der Waals surface area (Å²) in [6, 6.07) is 14.8. The lowest BCUT2D eigenvalue weighted by molar-refractivity contribution is -0.133. The molecule has 5 heteroatoms. The van der Waals surface area contributed by atoms with Crippen molar-refractivity contribution in [2.75, 3.05) is 17.2 Å². The minimum atomic E-state index is -0.713. The van der Waals surface area contributed by atoms with E-state index in [1.54, 1.807) is 18.2 Å². The third-order valence-electron chi connectivity index (χ3n) is 5.78. The largest absolute Gasteiger partial charge is 0.491 e. The normalized spacial score (nSPS) is 12.6. The van der Waals surface area contributed by atoms with Crippen LogP contribution in [0.25, 0.3) is 0 Å². The van der Waals surface area contributed by atoms with E-state index in [4.69, 9.17) is 4.74 Å². The zero-order valence-electron chi connectivity index (χ0n) is 19.2. The predicted molar refractivity (Wildman–Crippen MR) is 127 cm³/mol. The Labute approximate surface area is 186 Å². The lowest BCUT2D eigenvalue weighted by atomic mass is 9.98. The zero-order valence-corrected chi connectivity index (χ0v) is 19.2. The van der Waals surface area contributed by atoms with E-state index in [0.717, 1.165) is 37.7 Å². The van der Waals surface area contributed by atoms with Gasteiger partial charge in [0, 0.05) is 5.69 Å². The molecule has 0 saturated heterocycles.